The molecule has 0 radical (unpaired) electrons. The van der Waals surface area contributed by atoms with Gasteiger partial charge in [0, 0.05) is 76.4 Å². The van der Waals surface area contributed by atoms with Crippen LogP contribution in [0, 0.1) is 23.7 Å². The maximum Gasteiger partial charge on any atom is 0.284 e. The summed E-state index contributed by atoms with van der Waals surface area (Å²) in [6.45, 7) is 6.96. The van der Waals surface area contributed by atoms with E-state index >= 15 is 4.39 Å². The number of hydrogen-bond acceptors (Lipinski definition) is 11. The van der Waals surface area contributed by atoms with Crippen molar-refractivity contribution in [2.24, 2.45) is 18.9 Å². The smallest absolute Gasteiger partial charge is 0.284 e. The van der Waals surface area contributed by atoms with Crippen LogP contribution in [0.5, 0.6) is 0 Å². The molecule has 0 spiro atoms. The highest BCUT2D eigenvalue weighted by atomic mass is 19.3. The average Bonchev–Trinajstić information content (AvgIpc) is 3.98. The van der Waals surface area contributed by atoms with Crippen LogP contribution >= 0.6 is 0 Å². The Morgan fingerprint density at radius 1 is 0.985 bits per heavy atom. The SMILES string of the molecule is Cn1nc(C2CCC(=O)NC2=O)c2cccc(C#CCO[C@H]3CCN(CC4CCC(n5cc(NC(=O)c6cnn7ccc(N8CC(CN9CCC9)C8)nc67)c(C(F)F)n5)CC4)C[C@H]3F)c21. The van der Waals surface area contributed by atoms with E-state index in [-0.39, 0.29) is 48.7 Å². The van der Waals surface area contributed by atoms with Crippen molar-refractivity contribution in [3.05, 3.63) is 65.4 Å². The number of carbonyl (C=O) groups excluding carboxylic acids is 3. The first-order valence-electron chi connectivity index (χ1n) is 22.8. The van der Waals surface area contributed by atoms with E-state index in [1.807, 2.05) is 24.3 Å². The van der Waals surface area contributed by atoms with E-state index in [1.54, 1.807) is 22.6 Å². The van der Waals surface area contributed by atoms with Crippen LogP contribution in [0.1, 0.15) is 97.1 Å². The van der Waals surface area contributed by atoms with Crippen molar-refractivity contribution in [3.63, 3.8) is 0 Å². The fourth-order valence-electron chi connectivity index (χ4n) is 10.3. The molecule has 5 aromatic rings. The molecule has 0 bridgehead atoms. The third-order valence-corrected chi connectivity index (χ3v) is 13.9. The largest absolute Gasteiger partial charge is 0.362 e. The normalized spacial score (nSPS) is 24.5. The van der Waals surface area contributed by atoms with E-state index in [4.69, 9.17) is 9.72 Å². The summed E-state index contributed by atoms with van der Waals surface area (Å²) in [7, 11) is 1.80. The lowest BCUT2D eigenvalue weighted by atomic mass is 9.85. The number of fused-ring (bicyclic) bond motifs is 2. The fourth-order valence-corrected chi connectivity index (χ4v) is 10.3. The van der Waals surface area contributed by atoms with E-state index in [0.29, 0.717) is 48.1 Å². The van der Waals surface area contributed by atoms with Crippen molar-refractivity contribution in [2.75, 3.05) is 69.2 Å². The maximum atomic E-state index is 15.5. The topological polar surface area (TPSA) is 160 Å². The van der Waals surface area contributed by atoms with Crippen LogP contribution < -0.4 is 15.5 Å². The predicted molar refractivity (Wildman–Crippen MR) is 234 cm³/mol. The van der Waals surface area contributed by atoms with E-state index < -0.39 is 36.2 Å². The molecule has 65 heavy (non-hydrogen) atoms. The molecule has 8 heterocycles. The van der Waals surface area contributed by atoms with Crippen molar-refractivity contribution in [1.29, 1.82) is 0 Å². The number of carbonyl (C=O) groups is 3. The number of imide groups is 1. The zero-order valence-electron chi connectivity index (χ0n) is 36.3. The minimum absolute atomic E-state index is 0.0318. The van der Waals surface area contributed by atoms with Crippen LogP contribution in [0.3, 0.4) is 0 Å². The lowest BCUT2D eigenvalue weighted by Gasteiger charge is -2.44. The number of hydrogen-bond donors (Lipinski definition) is 2. The summed E-state index contributed by atoms with van der Waals surface area (Å²) in [5.41, 5.74) is 2.15. The predicted octanol–water partition coefficient (Wildman–Crippen LogP) is 4.88. The highest BCUT2D eigenvalue weighted by Crippen LogP contribution is 2.37. The number of aryl methyl sites for hydroxylation is 1. The van der Waals surface area contributed by atoms with Gasteiger partial charge in [0.25, 0.3) is 12.3 Å². The summed E-state index contributed by atoms with van der Waals surface area (Å²) < 4.78 is 54.8. The number of nitrogens with one attached hydrogen (secondary N) is 2. The van der Waals surface area contributed by atoms with Gasteiger partial charge in [0.1, 0.15) is 24.2 Å². The number of nitrogens with zero attached hydrogens (tertiary/aromatic N) is 10. The summed E-state index contributed by atoms with van der Waals surface area (Å²) in [4.78, 5) is 49.3. The van der Waals surface area contributed by atoms with Crippen LogP contribution in [-0.2, 0) is 21.4 Å². The van der Waals surface area contributed by atoms with Crippen LogP contribution in [0.4, 0.5) is 24.7 Å². The number of aromatic nitrogens is 7. The van der Waals surface area contributed by atoms with E-state index in [2.05, 4.69) is 52.5 Å². The quantitative estimate of drug-likeness (QED) is 0.130. The molecule has 1 aromatic carbocycles. The molecule has 1 unspecified atom stereocenters. The van der Waals surface area contributed by atoms with Crippen LogP contribution in [0.15, 0.2) is 42.9 Å². The second kappa shape index (κ2) is 18.2. The van der Waals surface area contributed by atoms with Crippen LogP contribution in [0.2, 0.25) is 0 Å². The van der Waals surface area contributed by atoms with Crippen molar-refractivity contribution in [1.82, 2.24) is 49.3 Å². The van der Waals surface area contributed by atoms with Crippen molar-refractivity contribution < 1.29 is 32.3 Å². The Hall–Kier alpha value is -5.84. The van der Waals surface area contributed by atoms with Gasteiger partial charge in [-0.3, -0.25) is 34.0 Å². The van der Waals surface area contributed by atoms with Gasteiger partial charge in [-0.2, -0.15) is 15.3 Å². The molecule has 16 nitrogen and oxygen atoms in total. The molecular formula is C46H53F3N12O4. The molecule has 4 saturated heterocycles. The van der Waals surface area contributed by atoms with Crippen molar-refractivity contribution >= 4 is 45.8 Å². The molecule has 3 amide bonds. The lowest BCUT2D eigenvalue weighted by Crippen LogP contribution is -2.54. The van der Waals surface area contributed by atoms with Gasteiger partial charge in [-0.25, -0.2) is 22.7 Å². The molecule has 2 N–H and O–H groups in total. The van der Waals surface area contributed by atoms with Gasteiger partial charge in [-0.05, 0) is 76.1 Å². The van der Waals surface area contributed by atoms with Gasteiger partial charge in [-0.1, -0.05) is 24.0 Å². The third-order valence-electron chi connectivity index (χ3n) is 13.9. The number of benzene rings is 1. The van der Waals surface area contributed by atoms with Crippen molar-refractivity contribution in [2.45, 2.75) is 82.0 Å². The molecule has 5 aliphatic rings. The Morgan fingerprint density at radius 2 is 1.80 bits per heavy atom. The zero-order valence-corrected chi connectivity index (χ0v) is 36.3. The first-order chi connectivity index (χ1) is 31.5. The molecule has 1 aliphatic carbocycles. The zero-order chi connectivity index (χ0) is 44.8. The Balaban J connectivity index is 0.695. The minimum Gasteiger partial charge on any atom is -0.362 e. The number of likely N-dealkylation sites (tertiary alicyclic amines) is 2. The Kier molecular flexibility index (Phi) is 12.1. The summed E-state index contributed by atoms with van der Waals surface area (Å²) in [5.74, 6) is 6.14. The van der Waals surface area contributed by atoms with Crippen LogP contribution in [-0.4, -0.2) is 133 Å². The Morgan fingerprint density at radius 3 is 2.55 bits per heavy atom. The molecule has 19 heteroatoms. The minimum atomic E-state index is -2.89. The standard InChI is InChI=1S/C46H53F3N12O4/c1-56-42-30(5-2-7-32(42)40(54-56)33-12-13-39(62)53-45(33)63)6-3-20-65-37-14-18-58(26-35(37)47)22-28-8-10-31(11-9-28)61-27-36(41(55-61)43(48)49)51-46(64)34-21-50-60-19-15-38(52-44(34)60)59-24-29(25-59)23-57-16-4-17-57/h2,5,7,15,19,21,27-29,31,33,35,37,43H,4,8-14,16-18,20,22-26H2,1H3,(H,51,64)(H,53,62,63)/t28?,31?,33?,35-,37+/m1/s1. The lowest BCUT2D eigenvalue weighted by molar-refractivity contribution is -0.134. The molecule has 10 rings (SSSR count). The summed E-state index contributed by atoms with van der Waals surface area (Å²) in [5, 5.41) is 19.1. The first-order valence-corrected chi connectivity index (χ1v) is 22.8. The Labute approximate surface area is 373 Å². The summed E-state index contributed by atoms with van der Waals surface area (Å²) in [6.07, 6.45) is 5.64. The monoisotopic (exact) mass is 894 g/mol. The summed E-state index contributed by atoms with van der Waals surface area (Å²) in [6, 6.07) is 7.40. The van der Waals surface area contributed by atoms with Gasteiger partial charge in [-0.15, -0.1) is 0 Å². The molecule has 5 fully saturated rings. The number of para-hydroxylation sites is 1. The summed E-state index contributed by atoms with van der Waals surface area (Å²) >= 11 is 0. The first kappa shape index (κ1) is 43.1. The fraction of sp³-hybridized carbons (Fsp3) is 0.543. The molecular weight excluding hydrogens is 842 g/mol. The van der Waals surface area contributed by atoms with Gasteiger partial charge in [0.2, 0.25) is 11.8 Å². The van der Waals surface area contributed by atoms with E-state index in [1.165, 1.54) is 23.3 Å². The number of amides is 3. The highest BCUT2D eigenvalue weighted by molar-refractivity contribution is 6.08. The second-order valence-corrected chi connectivity index (χ2v) is 18.3. The second-order valence-electron chi connectivity index (χ2n) is 18.3. The van der Waals surface area contributed by atoms with Gasteiger partial charge in [0.15, 0.2) is 11.3 Å². The number of piperidine rings is 2. The molecule has 4 aromatic heterocycles. The molecule has 1 saturated carbocycles. The molecule has 4 aliphatic heterocycles. The number of ether oxygens (including phenoxy) is 1. The van der Waals surface area contributed by atoms with Gasteiger partial charge < -0.3 is 19.9 Å². The number of alkyl halides is 3. The third kappa shape index (κ3) is 8.95. The molecule has 342 valence electrons. The number of anilines is 2. The maximum absolute atomic E-state index is 15.5. The van der Waals surface area contributed by atoms with E-state index in [0.717, 1.165) is 81.7 Å². The number of rotatable bonds is 12. The van der Waals surface area contributed by atoms with Crippen LogP contribution in [0.25, 0.3) is 16.6 Å². The van der Waals surface area contributed by atoms with Gasteiger partial charge in [0.05, 0.1) is 46.7 Å². The molecule has 3 atom stereocenters. The average molecular weight is 895 g/mol. The van der Waals surface area contributed by atoms with Gasteiger partial charge >= 0.3 is 0 Å². The number of halogens is 3. The highest BCUT2D eigenvalue weighted by Gasteiger charge is 2.35. The van der Waals surface area contributed by atoms with E-state index in [9.17, 15) is 23.2 Å². The van der Waals surface area contributed by atoms with Crippen molar-refractivity contribution in [3.8, 4) is 11.8 Å². The Bertz CT molecular complexity index is 2650.